The summed E-state index contributed by atoms with van der Waals surface area (Å²) < 4.78 is 0. The maximum absolute atomic E-state index is 10.2. The van der Waals surface area contributed by atoms with Gasteiger partial charge in [-0.05, 0) is 25.7 Å². The van der Waals surface area contributed by atoms with Crippen molar-refractivity contribution < 1.29 is 15.0 Å². The summed E-state index contributed by atoms with van der Waals surface area (Å²) in [6.45, 7) is 0.228. The van der Waals surface area contributed by atoms with E-state index in [4.69, 9.17) is 10.2 Å². The molecule has 0 saturated carbocycles. The van der Waals surface area contributed by atoms with Crippen LogP contribution in [-0.2, 0) is 4.79 Å². The lowest BCUT2D eigenvalue weighted by Gasteiger charge is -1.98. The SMILES string of the molecule is O=C(O)CCCCCCC/C=C\CCO. The summed E-state index contributed by atoms with van der Waals surface area (Å²) in [5, 5.41) is 16.9. The Morgan fingerprint density at radius 3 is 2.20 bits per heavy atom. The molecular weight excluding hydrogens is 192 g/mol. The summed E-state index contributed by atoms with van der Waals surface area (Å²) in [7, 11) is 0. The van der Waals surface area contributed by atoms with Gasteiger partial charge in [0.25, 0.3) is 0 Å². The van der Waals surface area contributed by atoms with Crippen LogP contribution in [-0.4, -0.2) is 22.8 Å². The highest BCUT2D eigenvalue weighted by Gasteiger charge is 1.95. The molecule has 88 valence electrons. The Labute approximate surface area is 91.8 Å². The van der Waals surface area contributed by atoms with Crippen LogP contribution in [0.4, 0.5) is 0 Å². The van der Waals surface area contributed by atoms with Gasteiger partial charge < -0.3 is 10.2 Å². The summed E-state index contributed by atoms with van der Waals surface area (Å²) >= 11 is 0. The molecule has 0 rings (SSSR count). The number of carboxylic acid groups (broad SMARTS) is 1. The molecule has 0 aliphatic heterocycles. The second-order valence-electron chi connectivity index (χ2n) is 3.68. The Bertz CT molecular complexity index is 176. The first-order valence-electron chi connectivity index (χ1n) is 5.75. The lowest BCUT2D eigenvalue weighted by atomic mass is 10.1. The Morgan fingerprint density at radius 1 is 0.933 bits per heavy atom. The molecular formula is C12H22O3. The minimum atomic E-state index is -0.693. The van der Waals surface area contributed by atoms with Gasteiger partial charge in [-0.25, -0.2) is 0 Å². The van der Waals surface area contributed by atoms with E-state index in [-0.39, 0.29) is 6.61 Å². The van der Waals surface area contributed by atoms with Crippen LogP contribution in [0.5, 0.6) is 0 Å². The van der Waals surface area contributed by atoms with Crippen LogP contribution in [0.2, 0.25) is 0 Å². The van der Waals surface area contributed by atoms with Gasteiger partial charge in [0.15, 0.2) is 0 Å². The first-order valence-corrected chi connectivity index (χ1v) is 5.75. The number of hydrogen-bond donors (Lipinski definition) is 2. The van der Waals surface area contributed by atoms with Gasteiger partial charge in [0.2, 0.25) is 0 Å². The molecule has 0 saturated heterocycles. The van der Waals surface area contributed by atoms with E-state index in [1.807, 2.05) is 6.08 Å². The fourth-order valence-electron chi connectivity index (χ4n) is 1.38. The van der Waals surface area contributed by atoms with Gasteiger partial charge in [0.05, 0.1) is 0 Å². The normalized spacial score (nSPS) is 11.0. The average molecular weight is 214 g/mol. The van der Waals surface area contributed by atoms with Crippen molar-refractivity contribution in [2.45, 2.75) is 51.4 Å². The smallest absolute Gasteiger partial charge is 0.303 e. The van der Waals surface area contributed by atoms with E-state index in [0.717, 1.165) is 38.5 Å². The third-order valence-corrected chi connectivity index (χ3v) is 2.22. The van der Waals surface area contributed by atoms with Crippen molar-refractivity contribution in [3.63, 3.8) is 0 Å². The Hall–Kier alpha value is -0.830. The number of carbonyl (C=O) groups is 1. The number of unbranched alkanes of at least 4 members (excludes halogenated alkanes) is 5. The largest absolute Gasteiger partial charge is 0.481 e. The topological polar surface area (TPSA) is 57.5 Å². The summed E-state index contributed by atoms with van der Waals surface area (Å²) in [5.74, 6) is -0.693. The maximum atomic E-state index is 10.2. The fourth-order valence-corrected chi connectivity index (χ4v) is 1.38. The molecule has 0 spiro atoms. The first kappa shape index (κ1) is 14.2. The lowest BCUT2D eigenvalue weighted by Crippen LogP contribution is -1.93. The third kappa shape index (κ3) is 13.2. The zero-order valence-electron chi connectivity index (χ0n) is 9.32. The van der Waals surface area contributed by atoms with Gasteiger partial charge in [-0.3, -0.25) is 4.79 Å². The average Bonchev–Trinajstić information content (AvgIpc) is 2.20. The van der Waals surface area contributed by atoms with Crippen molar-refractivity contribution in [2.75, 3.05) is 6.61 Å². The molecule has 3 nitrogen and oxygen atoms in total. The van der Waals surface area contributed by atoms with E-state index < -0.39 is 5.97 Å². The van der Waals surface area contributed by atoms with E-state index in [0.29, 0.717) is 6.42 Å². The quantitative estimate of drug-likeness (QED) is 0.434. The zero-order chi connectivity index (χ0) is 11.4. The zero-order valence-corrected chi connectivity index (χ0v) is 9.32. The summed E-state index contributed by atoms with van der Waals surface area (Å²) in [5.41, 5.74) is 0. The summed E-state index contributed by atoms with van der Waals surface area (Å²) in [6, 6.07) is 0. The van der Waals surface area contributed by atoms with Gasteiger partial charge in [-0.15, -0.1) is 0 Å². The molecule has 0 unspecified atom stereocenters. The number of rotatable bonds is 10. The third-order valence-electron chi connectivity index (χ3n) is 2.22. The van der Waals surface area contributed by atoms with Crippen molar-refractivity contribution >= 4 is 5.97 Å². The fraction of sp³-hybridized carbons (Fsp3) is 0.750. The van der Waals surface area contributed by atoms with Crippen molar-refractivity contribution in [3.05, 3.63) is 12.2 Å². The molecule has 0 bridgehead atoms. The van der Waals surface area contributed by atoms with Gasteiger partial charge in [0, 0.05) is 13.0 Å². The minimum absolute atomic E-state index is 0.228. The number of aliphatic carboxylic acids is 1. The summed E-state index contributed by atoms with van der Waals surface area (Å²) in [4.78, 5) is 10.2. The number of hydrogen-bond acceptors (Lipinski definition) is 2. The second kappa shape index (κ2) is 11.2. The standard InChI is InChI=1S/C12H22O3/c13-11-9-7-5-3-1-2-4-6-8-10-12(14)15/h5,7,13H,1-4,6,8-11H2,(H,14,15)/b7-5-. The molecule has 15 heavy (non-hydrogen) atoms. The van der Waals surface area contributed by atoms with Crippen LogP contribution in [0.1, 0.15) is 51.4 Å². The summed E-state index contributed by atoms with van der Waals surface area (Å²) in [6.07, 6.45) is 11.5. The van der Waals surface area contributed by atoms with Crippen LogP contribution < -0.4 is 0 Å². The van der Waals surface area contributed by atoms with E-state index >= 15 is 0 Å². The van der Waals surface area contributed by atoms with Crippen LogP contribution in [0.25, 0.3) is 0 Å². The lowest BCUT2D eigenvalue weighted by molar-refractivity contribution is -0.137. The van der Waals surface area contributed by atoms with E-state index in [1.165, 1.54) is 6.42 Å². The van der Waals surface area contributed by atoms with Crippen LogP contribution in [0.15, 0.2) is 12.2 Å². The molecule has 0 atom stereocenters. The molecule has 0 aromatic carbocycles. The van der Waals surface area contributed by atoms with Gasteiger partial charge >= 0.3 is 5.97 Å². The maximum Gasteiger partial charge on any atom is 0.303 e. The first-order chi connectivity index (χ1) is 7.27. The highest BCUT2D eigenvalue weighted by atomic mass is 16.4. The van der Waals surface area contributed by atoms with Gasteiger partial charge in [-0.2, -0.15) is 0 Å². The highest BCUT2D eigenvalue weighted by Crippen LogP contribution is 2.07. The van der Waals surface area contributed by atoms with Crippen LogP contribution in [0.3, 0.4) is 0 Å². The highest BCUT2D eigenvalue weighted by molar-refractivity contribution is 5.66. The number of aliphatic hydroxyl groups excluding tert-OH is 1. The van der Waals surface area contributed by atoms with Crippen LogP contribution in [0, 0.1) is 0 Å². The molecule has 0 aromatic heterocycles. The molecule has 0 aliphatic carbocycles. The molecule has 0 amide bonds. The molecule has 3 heteroatoms. The van der Waals surface area contributed by atoms with E-state index in [2.05, 4.69) is 6.08 Å². The Morgan fingerprint density at radius 2 is 1.53 bits per heavy atom. The van der Waals surface area contributed by atoms with E-state index in [9.17, 15) is 4.79 Å². The molecule has 0 aromatic rings. The van der Waals surface area contributed by atoms with E-state index in [1.54, 1.807) is 0 Å². The number of aliphatic hydroxyl groups is 1. The van der Waals surface area contributed by atoms with Crippen LogP contribution >= 0.6 is 0 Å². The molecule has 0 radical (unpaired) electrons. The van der Waals surface area contributed by atoms with Gasteiger partial charge in [0.1, 0.15) is 0 Å². The predicted octanol–water partition coefficient (Wildman–Crippen LogP) is 2.74. The number of allylic oxidation sites excluding steroid dienone is 1. The predicted molar refractivity (Wildman–Crippen MR) is 60.8 cm³/mol. The van der Waals surface area contributed by atoms with Crippen molar-refractivity contribution in [2.24, 2.45) is 0 Å². The van der Waals surface area contributed by atoms with Crippen molar-refractivity contribution in [1.82, 2.24) is 0 Å². The Balaban J connectivity index is 3.01. The molecule has 0 heterocycles. The van der Waals surface area contributed by atoms with Gasteiger partial charge in [-0.1, -0.05) is 31.4 Å². The molecule has 0 fully saturated rings. The van der Waals surface area contributed by atoms with Crippen molar-refractivity contribution in [3.8, 4) is 0 Å². The number of carboxylic acids is 1. The second-order valence-corrected chi connectivity index (χ2v) is 3.68. The van der Waals surface area contributed by atoms with Crippen molar-refractivity contribution in [1.29, 1.82) is 0 Å². The Kier molecular flexibility index (Phi) is 10.6. The minimum Gasteiger partial charge on any atom is -0.481 e. The monoisotopic (exact) mass is 214 g/mol. The molecule has 0 aliphatic rings. The molecule has 2 N–H and O–H groups in total.